The van der Waals surface area contributed by atoms with Gasteiger partial charge in [0.15, 0.2) is 0 Å². The summed E-state index contributed by atoms with van der Waals surface area (Å²) in [7, 11) is 0. The second-order valence-electron chi connectivity index (χ2n) is 5.25. The molecule has 0 aliphatic carbocycles. The maximum atomic E-state index is 12.8. The van der Waals surface area contributed by atoms with Crippen molar-refractivity contribution in [3.05, 3.63) is 29.3 Å². The van der Waals surface area contributed by atoms with Gasteiger partial charge in [-0.3, -0.25) is 4.79 Å². The molecule has 0 radical (unpaired) electrons. The van der Waals surface area contributed by atoms with Gasteiger partial charge in [0, 0.05) is 18.9 Å². The van der Waals surface area contributed by atoms with Crippen molar-refractivity contribution >= 4 is 11.6 Å². The van der Waals surface area contributed by atoms with Gasteiger partial charge in [0.2, 0.25) is 5.91 Å². The number of halogens is 3. The zero-order valence-electron chi connectivity index (χ0n) is 11.6. The number of hydrogen-bond donors (Lipinski definition) is 2. The maximum Gasteiger partial charge on any atom is 0.416 e. The minimum atomic E-state index is -4.45. The van der Waals surface area contributed by atoms with Crippen molar-refractivity contribution in [1.82, 2.24) is 0 Å². The highest BCUT2D eigenvalue weighted by Crippen LogP contribution is 2.33. The maximum absolute atomic E-state index is 12.8. The Hall–Kier alpha value is -1.60. The molecular weight excluding hydrogens is 285 g/mol. The SMILES string of the molecule is Cc1ccc(NC(=O)C2(N)CCOCC2)cc1C(F)(F)F. The zero-order valence-corrected chi connectivity index (χ0v) is 11.6. The smallest absolute Gasteiger partial charge is 0.381 e. The molecule has 4 nitrogen and oxygen atoms in total. The number of nitrogens with two attached hydrogens (primary N) is 1. The van der Waals surface area contributed by atoms with E-state index in [1.165, 1.54) is 19.1 Å². The van der Waals surface area contributed by atoms with E-state index in [9.17, 15) is 18.0 Å². The van der Waals surface area contributed by atoms with Gasteiger partial charge in [-0.15, -0.1) is 0 Å². The highest BCUT2D eigenvalue weighted by atomic mass is 19.4. The summed E-state index contributed by atoms with van der Waals surface area (Å²) in [6.07, 6.45) is -3.77. The number of nitrogens with one attached hydrogen (secondary N) is 1. The molecule has 2 rings (SSSR count). The van der Waals surface area contributed by atoms with Crippen LogP contribution in [-0.4, -0.2) is 24.7 Å². The van der Waals surface area contributed by atoms with Crippen LogP contribution in [0.2, 0.25) is 0 Å². The molecule has 0 atom stereocenters. The van der Waals surface area contributed by atoms with Gasteiger partial charge < -0.3 is 15.8 Å². The number of ether oxygens (including phenoxy) is 1. The average Bonchev–Trinajstić information content (AvgIpc) is 2.40. The molecule has 0 aromatic heterocycles. The standard InChI is InChI=1S/C14H17F3N2O2/c1-9-2-3-10(8-11(9)14(15,16)17)19-12(20)13(18)4-6-21-7-5-13/h2-3,8H,4-7,18H2,1H3,(H,19,20). The molecule has 0 saturated carbocycles. The minimum absolute atomic E-state index is 0.0919. The molecule has 1 aliphatic heterocycles. The number of anilines is 1. The Kier molecular flexibility index (Phi) is 4.25. The van der Waals surface area contributed by atoms with Crippen LogP contribution in [0.3, 0.4) is 0 Å². The van der Waals surface area contributed by atoms with Crippen molar-refractivity contribution in [3.8, 4) is 0 Å². The lowest BCUT2D eigenvalue weighted by atomic mass is 9.90. The highest BCUT2D eigenvalue weighted by molar-refractivity contribution is 5.98. The van der Waals surface area contributed by atoms with Crippen LogP contribution in [0.15, 0.2) is 18.2 Å². The summed E-state index contributed by atoms with van der Waals surface area (Å²) < 4.78 is 43.7. The number of benzene rings is 1. The summed E-state index contributed by atoms with van der Waals surface area (Å²) in [5.41, 5.74) is 4.33. The van der Waals surface area contributed by atoms with E-state index >= 15 is 0 Å². The molecule has 0 spiro atoms. The van der Waals surface area contributed by atoms with Crippen LogP contribution in [0.25, 0.3) is 0 Å². The summed E-state index contributed by atoms with van der Waals surface area (Å²) >= 11 is 0. The molecule has 0 unspecified atom stereocenters. The van der Waals surface area contributed by atoms with E-state index in [0.717, 1.165) is 6.07 Å². The fraction of sp³-hybridized carbons (Fsp3) is 0.500. The number of rotatable bonds is 2. The van der Waals surface area contributed by atoms with Gasteiger partial charge in [0.1, 0.15) is 5.54 Å². The predicted octanol–water partition coefficient (Wildman–Crippen LogP) is 2.46. The minimum Gasteiger partial charge on any atom is -0.381 e. The Morgan fingerprint density at radius 1 is 1.33 bits per heavy atom. The lowest BCUT2D eigenvalue weighted by molar-refractivity contribution is -0.138. The van der Waals surface area contributed by atoms with E-state index in [-0.39, 0.29) is 11.3 Å². The first kappa shape index (κ1) is 15.8. The zero-order chi connectivity index (χ0) is 15.7. The third kappa shape index (κ3) is 3.54. The largest absolute Gasteiger partial charge is 0.416 e. The first-order valence-electron chi connectivity index (χ1n) is 6.58. The van der Waals surface area contributed by atoms with Gasteiger partial charge in [0.05, 0.1) is 5.56 Å². The monoisotopic (exact) mass is 302 g/mol. The first-order chi connectivity index (χ1) is 9.72. The fourth-order valence-corrected chi connectivity index (χ4v) is 2.22. The van der Waals surface area contributed by atoms with E-state index in [1.807, 2.05) is 0 Å². The van der Waals surface area contributed by atoms with Crippen LogP contribution in [0, 0.1) is 6.92 Å². The second-order valence-corrected chi connectivity index (χ2v) is 5.25. The third-order valence-corrected chi connectivity index (χ3v) is 3.64. The van der Waals surface area contributed by atoms with Crippen LogP contribution in [-0.2, 0) is 15.7 Å². The van der Waals surface area contributed by atoms with Crippen molar-refractivity contribution in [3.63, 3.8) is 0 Å². The molecule has 1 aromatic rings. The molecule has 0 bridgehead atoms. The van der Waals surface area contributed by atoms with E-state index < -0.39 is 23.2 Å². The summed E-state index contributed by atoms with van der Waals surface area (Å²) in [6, 6.07) is 3.69. The van der Waals surface area contributed by atoms with Crippen molar-refractivity contribution in [2.45, 2.75) is 31.5 Å². The average molecular weight is 302 g/mol. The van der Waals surface area contributed by atoms with Gasteiger partial charge >= 0.3 is 6.18 Å². The summed E-state index contributed by atoms with van der Waals surface area (Å²) in [5.74, 6) is -0.484. The van der Waals surface area contributed by atoms with Crippen molar-refractivity contribution in [2.75, 3.05) is 18.5 Å². The van der Waals surface area contributed by atoms with Crippen LogP contribution < -0.4 is 11.1 Å². The fourth-order valence-electron chi connectivity index (χ4n) is 2.22. The lowest BCUT2D eigenvalue weighted by Crippen LogP contribution is -2.54. The molecule has 1 aliphatic rings. The summed E-state index contributed by atoms with van der Waals surface area (Å²) in [5, 5.41) is 2.47. The van der Waals surface area contributed by atoms with Crippen molar-refractivity contribution in [1.29, 1.82) is 0 Å². The van der Waals surface area contributed by atoms with E-state index in [2.05, 4.69) is 5.32 Å². The van der Waals surface area contributed by atoms with Crippen molar-refractivity contribution < 1.29 is 22.7 Å². The van der Waals surface area contributed by atoms with Gasteiger partial charge in [-0.2, -0.15) is 13.2 Å². The molecular formula is C14H17F3N2O2. The van der Waals surface area contributed by atoms with Crippen LogP contribution in [0.1, 0.15) is 24.0 Å². The van der Waals surface area contributed by atoms with E-state index in [0.29, 0.717) is 26.1 Å². The van der Waals surface area contributed by atoms with Crippen molar-refractivity contribution in [2.24, 2.45) is 5.73 Å². The number of amides is 1. The van der Waals surface area contributed by atoms with Gasteiger partial charge in [0.25, 0.3) is 0 Å². The first-order valence-corrected chi connectivity index (χ1v) is 6.58. The van der Waals surface area contributed by atoms with Gasteiger partial charge in [-0.25, -0.2) is 0 Å². The number of carbonyl (C=O) groups is 1. The molecule has 116 valence electrons. The number of hydrogen-bond acceptors (Lipinski definition) is 3. The van der Waals surface area contributed by atoms with E-state index in [4.69, 9.17) is 10.5 Å². The Morgan fingerprint density at radius 3 is 2.52 bits per heavy atom. The van der Waals surface area contributed by atoms with Gasteiger partial charge in [-0.1, -0.05) is 6.07 Å². The lowest BCUT2D eigenvalue weighted by Gasteiger charge is -2.31. The number of alkyl halides is 3. The number of aryl methyl sites for hydroxylation is 1. The Balaban J connectivity index is 2.18. The molecule has 1 amide bonds. The normalized spacial score (nSPS) is 18.3. The van der Waals surface area contributed by atoms with Crippen LogP contribution in [0.4, 0.5) is 18.9 Å². The highest BCUT2D eigenvalue weighted by Gasteiger charge is 2.37. The quantitative estimate of drug-likeness (QED) is 0.882. The van der Waals surface area contributed by atoms with Crippen LogP contribution in [0.5, 0.6) is 0 Å². The predicted molar refractivity (Wildman–Crippen MR) is 71.8 cm³/mol. The second kappa shape index (κ2) is 5.65. The third-order valence-electron chi connectivity index (χ3n) is 3.64. The summed E-state index contributed by atoms with van der Waals surface area (Å²) in [6.45, 7) is 2.11. The van der Waals surface area contributed by atoms with E-state index in [1.54, 1.807) is 0 Å². The molecule has 21 heavy (non-hydrogen) atoms. The Bertz CT molecular complexity index is 538. The molecule has 3 N–H and O–H groups in total. The molecule has 1 heterocycles. The molecule has 1 aromatic carbocycles. The Labute approximate surface area is 120 Å². The summed E-state index contributed by atoms with van der Waals surface area (Å²) in [4.78, 5) is 12.2. The van der Waals surface area contributed by atoms with Crippen LogP contribution >= 0.6 is 0 Å². The molecule has 1 saturated heterocycles. The van der Waals surface area contributed by atoms with Gasteiger partial charge in [-0.05, 0) is 37.5 Å². The number of carbonyl (C=O) groups excluding carboxylic acids is 1. The topological polar surface area (TPSA) is 64.4 Å². The molecule has 7 heteroatoms. The molecule has 1 fully saturated rings. The Morgan fingerprint density at radius 2 is 1.95 bits per heavy atom.